The lowest BCUT2D eigenvalue weighted by Crippen LogP contribution is -2.43. The summed E-state index contributed by atoms with van der Waals surface area (Å²) in [5.74, 6) is -1.78. The van der Waals surface area contributed by atoms with Gasteiger partial charge in [0, 0.05) is 25.2 Å². The number of aryl methyl sites for hydroxylation is 1. The fourth-order valence-electron chi connectivity index (χ4n) is 6.53. The molecule has 2 amide bonds. The zero-order chi connectivity index (χ0) is 34.7. The third-order valence-electron chi connectivity index (χ3n) is 9.12. The average molecular weight is 677 g/mol. The zero-order valence-corrected chi connectivity index (χ0v) is 26.1. The second kappa shape index (κ2) is 11.8. The fraction of sp³-hybridized carbons (Fsp3) is 0.212. The van der Waals surface area contributed by atoms with Crippen LogP contribution >= 0.6 is 0 Å². The number of anilines is 2. The van der Waals surface area contributed by atoms with Gasteiger partial charge < -0.3 is 26.9 Å². The Bertz CT molecular complexity index is 2490. The molecule has 3 aromatic heterocycles. The van der Waals surface area contributed by atoms with Crippen LogP contribution in [0.2, 0.25) is 0 Å². The Kier molecular flexibility index (Phi) is 7.25. The predicted molar refractivity (Wildman–Crippen MR) is 177 cm³/mol. The van der Waals surface area contributed by atoms with Crippen molar-refractivity contribution in [3.8, 4) is 17.3 Å². The quantitative estimate of drug-likeness (QED) is 0.122. The third kappa shape index (κ3) is 5.34. The molecule has 3 aromatic carbocycles. The Morgan fingerprint density at radius 1 is 1.02 bits per heavy atom. The molecular weight excluding hydrogens is 648 g/mol. The maximum absolute atomic E-state index is 13.7. The summed E-state index contributed by atoms with van der Waals surface area (Å²) in [5, 5.41) is 21.9. The number of hydrazine groups is 1. The molecule has 0 saturated heterocycles. The van der Waals surface area contributed by atoms with Crippen LogP contribution in [0.3, 0.4) is 0 Å². The number of aromatic amines is 1. The first-order chi connectivity index (χ1) is 24.1. The number of carbonyl (C=O) groups excluding carboxylic acids is 2. The molecule has 1 aliphatic carbocycles. The van der Waals surface area contributed by atoms with Gasteiger partial charge in [0.15, 0.2) is 5.82 Å². The van der Waals surface area contributed by atoms with E-state index in [0.717, 1.165) is 34.0 Å². The second-order valence-electron chi connectivity index (χ2n) is 12.2. The van der Waals surface area contributed by atoms with Gasteiger partial charge in [-0.15, -0.1) is 0 Å². The molecule has 4 heterocycles. The molecule has 1 aliphatic heterocycles. The molecule has 0 unspecified atom stereocenters. The van der Waals surface area contributed by atoms with Crippen LogP contribution in [0.25, 0.3) is 17.2 Å². The Morgan fingerprint density at radius 2 is 1.88 bits per heavy atom. The van der Waals surface area contributed by atoms with Crippen LogP contribution in [-0.4, -0.2) is 53.0 Å². The highest BCUT2D eigenvalue weighted by Crippen LogP contribution is 2.34. The molecule has 0 fully saturated rings. The zero-order valence-electron chi connectivity index (χ0n) is 26.1. The number of imidazole rings is 1. The van der Waals surface area contributed by atoms with E-state index < -0.39 is 28.4 Å². The average Bonchev–Trinajstić information content (AvgIpc) is 3.86. The summed E-state index contributed by atoms with van der Waals surface area (Å²) < 4.78 is 5.78. The molecule has 1 atom stereocenters. The molecule has 0 saturated carbocycles. The van der Waals surface area contributed by atoms with Crippen molar-refractivity contribution in [2.24, 2.45) is 0 Å². The lowest BCUT2D eigenvalue weighted by atomic mass is 9.98. The summed E-state index contributed by atoms with van der Waals surface area (Å²) in [7, 11) is 0. The Labute approximate surface area is 280 Å². The second-order valence-corrected chi connectivity index (χ2v) is 12.2. The summed E-state index contributed by atoms with van der Waals surface area (Å²) in [5.41, 5.74) is 12.7. The summed E-state index contributed by atoms with van der Waals surface area (Å²) >= 11 is 0. The van der Waals surface area contributed by atoms with Gasteiger partial charge in [-0.2, -0.15) is 0 Å². The van der Waals surface area contributed by atoms with Gasteiger partial charge in [0.2, 0.25) is 11.7 Å². The Morgan fingerprint density at radius 3 is 2.68 bits per heavy atom. The van der Waals surface area contributed by atoms with Gasteiger partial charge in [-0.25, -0.2) is 24.2 Å². The van der Waals surface area contributed by atoms with Crippen molar-refractivity contribution < 1.29 is 19.2 Å². The first kappa shape index (κ1) is 30.7. The van der Waals surface area contributed by atoms with Crippen molar-refractivity contribution in [1.82, 2.24) is 40.2 Å². The van der Waals surface area contributed by atoms with E-state index in [0.29, 0.717) is 43.7 Å². The fourth-order valence-corrected chi connectivity index (χ4v) is 6.53. The van der Waals surface area contributed by atoms with Crippen LogP contribution in [0.15, 0.2) is 67.6 Å². The number of H-pyrrole nitrogens is 1. The highest BCUT2D eigenvalue weighted by atomic mass is 16.5. The van der Waals surface area contributed by atoms with E-state index in [9.17, 15) is 29.1 Å². The minimum atomic E-state index is -0.687. The van der Waals surface area contributed by atoms with Crippen molar-refractivity contribution in [3.05, 3.63) is 119 Å². The third-order valence-corrected chi connectivity index (χ3v) is 9.12. The van der Waals surface area contributed by atoms with Crippen molar-refractivity contribution in [2.75, 3.05) is 17.7 Å². The predicted octanol–water partition coefficient (Wildman–Crippen LogP) is 0.689. The molecule has 0 radical (unpaired) electrons. The van der Waals surface area contributed by atoms with E-state index in [1.165, 1.54) is 10.5 Å². The van der Waals surface area contributed by atoms with Gasteiger partial charge in [0.05, 0.1) is 12.2 Å². The number of nitrogens with one attached hydrogen (secondary N) is 4. The lowest BCUT2D eigenvalue weighted by Gasteiger charge is -2.30. The highest BCUT2D eigenvalue weighted by molar-refractivity contribution is 5.98. The Hall–Kier alpha value is -6.62. The summed E-state index contributed by atoms with van der Waals surface area (Å²) in [6.45, 7) is 1.21. The van der Waals surface area contributed by atoms with Gasteiger partial charge in [-0.1, -0.05) is 35.5 Å². The smallest absolute Gasteiger partial charge is 0.439 e. The number of nitrogen functional groups attached to an aromatic ring is 1. The van der Waals surface area contributed by atoms with Gasteiger partial charge >= 0.3 is 5.76 Å². The van der Waals surface area contributed by atoms with Crippen LogP contribution in [0, 0.1) is 0 Å². The van der Waals surface area contributed by atoms with Gasteiger partial charge in [-0.05, 0) is 59.2 Å². The summed E-state index contributed by atoms with van der Waals surface area (Å²) in [6, 6.07) is 12.3. The number of nitrogens with two attached hydrogens (primary N) is 1. The monoisotopic (exact) mass is 676 g/mol. The first-order valence-electron chi connectivity index (χ1n) is 15.7. The molecule has 17 heteroatoms. The van der Waals surface area contributed by atoms with E-state index in [-0.39, 0.29) is 47.0 Å². The standard InChI is InChI=1S/C33H28N10O7/c34-25-26(28(46)27(25)45)40-42-8-7-16-2-1-15(9-19(16)14-42)12-35-30(47)22-11-23(43-24(44)13-36-32(43)38-22)31(48)37-21-6-4-17-10-18(3-5-20(17)21)29-39-33(49)50-41-29/h1-3,5,9-11,13,21,40,44H,4,6-8,12,14,34H2,(H,35,47)(H,37,48)(H,39,41,49)/t21-/m0/s1. The van der Waals surface area contributed by atoms with Gasteiger partial charge in [0.1, 0.15) is 22.8 Å². The van der Waals surface area contributed by atoms with Crippen molar-refractivity contribution >= 4 is 29.0 Å². The topological polar surface area (TPSA) is 243 Å². The maximum Gasteiger partial charge on any atom is 0.439 e. The van der Waals surface area contributed by atoms with Crippen LogP contribution in [-0.2, 0) is 25.9 Å². The van der Waals surface area contributed by atoms with Crippen LogP contribution in [0.4, 0.5) is 11.4 Å². The molecule has 252 valence electrons. The number of benzene rings is 2. The number of fused-ring (bicyclic) bond motifs is 3. The van der Waals surface area contributed by atoms with Crippen LogP contribution in [0.5, 0.6) is 5.88 Å². The number of amides is 2. The summed E-state index contributed by atoms with van der Waals surface area (Å²) in [4.78, 5) is 72.6. The normalized spacial score (nSPS) is 15.6. The number of nitrogens with zero attached hydrogens (tertiary/aromatic N) is 5. The molecule has 2 aliphatic rings. The van der Waals surface area contributed by atoms with E-state index in [1.807, 2.05) is 35.3 Å². The number of hydrogen-bond acceptors (Lipinski definition) is 13. The van der Waals surface area contributed by atoms with E-state index >= 15 is 0 Å². The molecule has 7 N–H and O–H groups in total. The van der Waals surface area contributed by atoms with E-state index in [1.54, 1.807) is 6.07 Å². The Balaban J connectivity index is 0.969. The number of hydrogen-bond donors (Lipinski definition) is 6. The SMILES string of the molecule is Nc1c(NN2CCc3ccc(CNC(=O)c4cc(C(=O)N[C@H]5CCc6cc(-c7noc(=O)[nH]7)ccc65)n5c(O)cnc5n4)cc3C2)c(=O)c1=O. The maximum atomic E-state index is 13.7. The molecule has 0 spiro atoms. The van der Waals surface area contributed by atoms with Crippen molar-refractivity contribution in [1.29, 1.82) is 0 Å². The molecule has 0 bridgehead atoms. The lowest BCUT2D eigenvalue weighted by molar-refractivity contribution is 0.0929. The van der Waals surface area contributed by atoms with Crippen LogP contribution in [0.1, 0.15) is 61.3 Å². The highest BCUT2D eigenvalue weighted by Gasteiger charge is 2.28. The number of aromatic hydroxyl groups is 1. The van der Waals surface area contributed by atoms with Crippen molar-refractivity contribution in [2.45, 2.75) is 38.4 Å². The van der Waals surface area contributed by atoms with E-state index in [2.05, 4.69) is 40.7 Å². The van der Waals surface area contributed by atoms with Gasteiger partial charge in [0.25, 0.3) is 22.7 Å². The number of carbonyl (C=O) groups is 2. The van der Waals surface area contributed by atoms with Crippen molar-refractivity contribution in [3.63, 3.8) is 0 Å². The molecule has 8 rings (SSSR count). The number of aromatic nitrogens is 5. The molecule has 17 nitrogen and oxygen atoms in total. The molecule has 6 aromatic rings. The first-order valence-corrected chi connectivity index (χ1v) is 15.7. The molecule has 50 heavy (non-hydrogen) atoms. The minimum Gasteiger partial charge on any atom is -0.493 e. The van der Waals surface area contributed by atoms with Gasteiger partial charge in [-0.3, -0.25) is 28.7 Å². The van der Waals surface area contributed by atoms with Crippen LogP contribution < -0.4 is 38.4 Å². The van der Waals surface area contributed by atoms with E-state index in [4.69, 9.17) is 5.73 Å². The summed E-state index contributed by atoms with van der Waals surface area (Å²) in [6.07, 6.45) is 3.12. The minimum absolute atomic E-state index is 0.0239. The largest absolute Gasteiger partial charge is 0.493 e. The molecular formula is C33H28N10O7. The number of rotatable bonds is 8.